The maximum atomic E-state index is 11.0. The Balaban J connectivity index is 1.68. The standard InChI is InChI=1S/C20H26N2O2/c1-20(2,3)16-6-8-17(9-7-16)22-18-11-13-4-5-14(19(23)24)10-15(13)12-21-18/h4-5,10-12,16-17H,6-9H2,1-3H3,(H,21,22)(H,23,24)/t16-,17-. The number of aromatic carboxylic acids is 1. The predicted octanol–water partition coefficient (Wildman–Crippen LogP) is 4.95. The normalized spacial score (nSPS) is 21.6. The summed E-state index contributed by atoms with van der Waals surface area (Å²) in [6, 6.07) is 7.65. The van der Waals surface area contributed by atoms with Crippen molar-refractivity contribution in [1.82, 2.24) is 4.98 Å². The van der Waals surface area contributed by atoms with Crippen molar-refractivity contribution in [2.24, 2.45) is 11.3 Å². The SMILES string of the molecule is CC(C)(C)[C@H]1CC[C@H](Nc2cc3ccc(C(=O)O)cc3cn2)CC1. The minimum atomic E-state index is -0.908. The highest BCUT2D eigenvalue weighted by molar-refractivity contribution is 5.94. The first-order valence-corrected chi connectivity index (χ1v) is 8.72. The largest absolute Gasteiger partial charge is 0.478 e. The molecular formula is C20H26N2O2. The molecule has 0 radical (unpaired) electrons. The molecule has 3 rings (SSSR count). The number of carboxylic acid groups (broad SMARTS) is 1. The van der Waals surface area contributed by atoms with Crippen molar-refractivity contribution in [2.75, 3.05) is 5.32 Å². The third-order valence-corrected chi connectivity index (χ3v) is 5.27. The zero-order chi connectivity index (χ0) is 17.3. The highest BCUT2D eigenvalue weighted by Crippen LogP contribution is 2.38. The molecule has 24 heavy (non-hydrogen) atoms. The van der Waals surface area contributed by atoms with Crippen LogP contribution in [0.2, 0.25) is 0 Å². The number of nitrogens with one attached hydrogen (secondary N) is 1. The number of anilines is 1. The van der Waals surface area contributed by atoms with Gasteiger partial charge in [0.25, 0.3) is 0 Å². The number of rotatable bonds is 3. The van der Waals surface area contributed by atoms with Gasteiger partial charge < -0.3 is 10.4 Å². The minimum absolute atomic E-state index is 0.297. The number of pyridine rings is 1. The molecule has 0 unspecified atom stereocenters. The number of carboxylic acids is 1. The lowest BCUT2D eigenvalue weighted by Gasteiger charge is -2.37. The molecule has 0 amide bonds. The van der Waals surface area contributed by atoms with Gasteiger partial charge in [-0.15, -0.1) is 0 Å². The second kappa shape index (κ2) is 6.42. The molecule has 1 aromatic carbocycles. The van der Waals surface area contributed by atoms with E-state index in [1.807, 2.05) is 12.1 Å². The molecule has 2 N–H and O–H groups in total. The van der Waals surface area contributed by atoms with E-state index in [2.05, 4.69) is 31.1 Å². The van der Waals surface area contributed by atoms with Crippen molar-refractivity contribution < 1.29 is 9.90 Å². The summed E-state index contributed by atoms with van der Waals surface area (Å²) in [6.45, 7) is 7.01. The molecule has 1 fully saturated rings. The van der Waals surface area contributed by atoms with E-state index < -0.39 is 5.97 Å². The fourth-order valence-corrected chi connectivity index (χ4v) is 3.67. The number of nitrogens with zero attached hydrogens (tertiary/aromatic N) is 1. The van der Waals surface area contributed by atoms with Crippen LogP contribution < -0.4 is 5.32 Å². The van der Waals surface area contributed by atoms with E-state index in [1.165, 1.54) is 25.7 Å². The van der Waals surface area contributed by atoms with Crippen LogP contribution in [0.4, 0.5) is 5.82 Å². The van der Waals surface area contributed by atoms with Gasteiger partial charge in [-0.3, -0.25) is 0 Å². The van der Waals surface area contributed by atoms with Crippen molar-refractivity contribution in [3.8, 4) is 0 Å². The molecule has 0 aliphatic heterocycles. The van der Waals surface area contributed by atoms with Crippen molar-refractivity contribution in [2.45, 2.75) is 52.5 Å². The van der Waals surface area contributed by atoms with Gasteiger partial charge >= 0.3 is 5.97 Å². The third-order valence-electron chi connectivity index (χ3n) is 5.27. The van der Waals surface area contributed by atoms with Gasteiger partial charge in [-0.05, 0) is 60.6 Å². The number of fused-ring (bicyclic) bond motifs is 1. The molecule has 4 nitrogen and oxygen atoms in total. The van der Waals surface area contributed by atoms with Gasteiger partial charge in [0, 0.05) is 17.6 Å². The molecule has 1 saturated carbocycles. The zero-order valence-corrected chi connectivity index (χ0v) is 14.7. The van der Waals surface area contributed by atoms with Crippen LogP contribution in [0, 0.1) is 11.3 Å². The molecular weight excluding hydrogens is 300 g/mol. The van der Waals surface area contributed by atoms with E-state index in [4.69, 9.17) is 5.11 Å². The van der Waals surface area contributed by atoms with Crippen molar-refractivity contribution in [3.05, 3.63) is 36.0 Å². The topological polar surface area (TPSA) is 62.2 Å². The maximum Gasteiger partial charge on any atom is 0.335 e. The van der Waals surface area contributed by atoms with E-state index >= 15 is 0 Å². The van der Waals surface area contributed by atoms with Crippen LogP contribution in [0.1, 0.15) is 56.8 Å². The number of aromatic nitrogens is 1. The number of hydrogen-bond acceptors (Lipinski definition) is 3. The summed E-state index contributed by atoms with van der Waals surface area (Å²) in [4.78, 5) is 15.5. The number of hydrogen-bond donors (Lipinski definition) is 2. The summed E-state index contributed by atoms with van der Waals surface area (Å²) in [5, 5.41) is 14.5. The Hall–Kier alpha value is -2.10. The van der Waals surface area contributed by atoms with Crippen molar-refractivity contribution >= 4 is 22.6 Å². The summed E-state index contributed by atoms with van der Waals surface area (Å²) in [6.07, 6.45) is 6.64. The Morgan fingerprint density at radius 1 is 1.12 bits per heavy atom. The van der Waals surface area contributed by atoms with Gasteiger partial charge in [0.1, 0.15) is 5.82 Å². The molecule has 0 spiro atoms. The number of benzene rings is 1. The average Bonchev–Trinajstić information content (AvgIpc) is 2.54. The number of carbonyl (C=O) groups is 1. The first-order valence-electron chi connectivity index (χ1n) is 8.72. The van der Waals surface area contributed by atoms with Crippen LogP contribution in [0.25, 0.3) is 10.8 Å². The molecule has 4 heteroatoms. The smallest absolute Gasteiger partial charge is 0.335 e. The first kappa shape index (κ1) is 16.7. The van der Waals surface area contributed by atoms with Gasteiger partial charge in [-0.1, -0.05) is 26.8 Å². The molecule has 128 valence electrons. The zero-order valence-electron chi connectivity index (χ0n) is 14.7. The van der Waals surface area contributed by atoms with Crippen LogP contribution in [-0.4, -0.2) is 22.1 Å². The highest BCUT2D eigenvalue weighted by Gasteiger charge is 2.29. The lowest BCUT2D eigenvalue weighted by Crippen LogP contribution is -2.31. The Labute approximate surface area is 143 Å². The summed E-state index contributed by atoms with van der Waals surface area (Å²) < 4.78 is 0. The quantitative estimate of drug-likeness (QED) is 0.837. The summed E-state index contributed by atoms with van der Waals surface area (Å²) in [5.41, 5.74) is 0.694. The molecule has 2 aromatic rings. The van der Waals surface area contributed by atoms with Gasteiger partial charge in [0.2, 0.25) is 0 Å². The van der Waals surface area contributed by atoms with Crippen LogP contribution in [-0.2, 0) is 0 Å². The van der Waals surface area contributed by atoms with Gasteiger partial charge in [0.05, 0.1) is 5.56 Å². The third kappa shape index (κ3) is 3.69. The van der Waals surface area contributed by atoms with Crippen molar-refractivity contribution in [1.29, 1.82) is 0 Å². The monoisotopic (exact) mass is 326 g/mol. The molecule has 1 aliphatic carbocycles. The highest BCUT2D eigenvalue weighted by atomic mass is 16.4. The van der Waals surface area contributed by atoms with Crippen LogP contribution >= 0.6 is 0 Å². The Bertz CT molecular complexity index is 741. The molecule has 0 atom stereocenters. The van der Waals surface area contributed by atoms with Gasteiger partial charge in [-0.25, -0.2) is 9.78 Å². The van der Waals surface area contributed by atoms with E-state index in [9.17, 15) is 4.79 Å². The van der Waals surface area contributed by atoms with Crippen LogP contribution in [0.5, 0.6) is 0 Å². The lowest BCUT2D eigenvalue weighted by atomic mass is 9.71. The molecule has 1 aromatic heterocycles. The second-order valence-corrected chi connectivity index (χ2v) is 8.00. The Morgan fingerprint density at radius 3 is 2.46 bits per heavy atom. The summed E-state index contributed by atoms with van der Waals surface area (Å²) in [7, 11) is 0. The maximum absolute atomic E-state index is 11.0. The average molecular weight is 326 g/mol. The minimum Gasteiger partial charge on any atom is -0.478 e. The first-order chi connectivity index (χ1) is 11.3. The van der Waals surface area contributed by atoms with E-state index in [1.54, 1.807) is 18.3 Å². The van der Waals surface area contributed by atoms with E-state index in [0.29, 0.717) is 17.0 Å². The predicted molar refractivity (Wildman–Crippen MR) is 97.5 cm³/mol. The molecule has 1 heterocycles. The summed E-state index contributed by atoms with van der Waals surface area (Å²) in [5.74, 6) is 0.772. The van der Waals surface area contributed by atoms with Crippen LogP contribution in [0.15, 0.2) is 30.5 Å². The second-order valence-electron chi connectivity index (χ2n) is 8.00. The molecule has 0 bridgehead atoms. The van der Waals surface area contributed by atoms with Gasteiger partial charge in [-0.2, -0.15) is 0 Å². The van der Waals surface area contributed by atoms with Crippen LogP contribution in [0.3, 0.4) is 0 Å². The molecule has 0 saturated heterocycles. The molecule has 1 aliphatic rings. The fraction of sp³-hybridized carbons (Fsp3) is 0.500. The Morgan fingerprint density at radius 2 is 1.83 bits per heavy atom. The van der Waals surface area contributed by atoms with Gasteiger partial charge in [0.15, 0.2) is 0 Å². The fourth-order valence-electron chi connectivity index (χ4n) is 3.67. The summed E-state index contributed by atoms with van der Waals surface area (Å²) >= 11 is 0. The lowest BCUT2D eigenvalue weighted by molar-refractivity contribution is 0.0697. The van der Waals surface area contributed by atoms with Crippen molar-refractivity contribution in [3.63, 3.8) is 0 Å². The Kier molecular flexibility index (Phi) is 4.48. The van der Waals surface area contributed by atoms with E-state index in [0.717, 1.165) is 22.5 Å². The van der Waals surface area contributed by atoms with E-state index in [-0.39, 0.29) is 0 Å².